The molecule has 0 bridgehead atoms. The second-order valence-corrected chi connectivity index (χ2v) is 5.04. The Balaban J connectivity index is 2.35. The highest BCUT2D eigenvalue weighted by molar-refractivity contribution is 5.43. The molecule has 0 heterocycles. The first-order chi connectivity index (χ1) is 9.51. The Bertz CT molecular complexity index is 671. The molecule has 2 nitrogen and oxygen atoms in total. The molecular formula is C17H16FNO. The van der Waals surface area contributed by atoms with Crippen LogP contribution in [0, 0.1) is 24.1 Å². The van der Waals surface area contributed by atoms with Crippen molar-refractivity contribution in [1.29, 1.82) is 5.26 Å². The molecule has 0 saturated heterocycles. The summed E-state index contributed by atoms with van der Waals surface area (Å²) in [4.78, 5) is 0. The third-order valence-corrected chi connectivity index (χ3v) is 3.16. The van der Waals surface area contributed by atoms with E-state index < -0.39 is 5.82 Å². The summed E-state index contributed by atoms with van der Waals surface area (Å²) in [5, 5.41) is 8.73. The van der Waals surface area contributed by atoms with Gasteiger partial charge in [-0.1, -0.05) is 26.0 Å². The first kappa shape index (κ1) is 14.1. The van der Waals surface area contributed by atoms with Crippen LogP contribution in [0.3, 0.4) is 0 Å². The monoisotopic (exact) mass is 269 g/mol. The molecule has 102 valence electrons. The molecule has 0 unspecified atom stereocenters. The van der Waals surface area contributed by atoms with Crippen LogP contribution in [0.2, 0.25) is 0 Å². The van der Waals surface area contributed by atoms with E-state index in [-0.39, 0.29) is 11.3 Å². The fourth-order valence-electron chi connectivity index (χ4n) is 1.86. The Morgan fingerprint density at radius 2 is 1.85 bits per heavy atom. The van der Waals surface area contributed by atoms with Crippen molar-refractivity contribution in [3.05, 3.63) is 58.9 Å². The molecule has 0 saturated carbocycles. The van der Waals surface area contributed by atoms with Crippen LogP contribution in [-0.4, -0.2) is 0 Å². The molecule has 0 N–H and O–H groups in total. The molecule has 2 aromatic carbocycles. The van der Waals surface area contributed by atoms with Gasteiger partial charge in [0.05, 0.1) is 11.6 Å². The average molecular weight is 269 g/mol. The number of rotatable bonds is 3. The fraction of sp³-hybridized carbons (Fsp3) is 0.235. The quantitative estimate of drug-likeness (QED) is 0.792. The maximum atomic E-state index is 13.8. The maximum absolute atomic E-state index is 13.8. The minimum absolute atomic E-state index is 0.132. The molecule has 3 heteroatoms. The van der Waals surface area contributed by atoms with Crippen molar-refractivity contribution < 1.29 is 9.13 Å². The zero-order valence-corrected chi connectivity index (χ0v) is 11.8. The molecule has 0 radical (unpaired) electrons. The number of nitrogens with zero attached hydrogens (tertiary/aromatic N) is 1. The van der Waals surface area contributed by atoms with E-state index in [4.69, 9.17) is 10.00 Å². The topological polar surface area (TPSA) is 33.0 Å². The standard InChI is InChI=1S/C17H16FNO/c1-11(2)14-6-4-12(3)17(9-14)20-16-7-5-13(10-19)8-15(16)18/h4-9,11H,1-3H3. The van der Waals surface area contributed by atoms with E-state index >= 15 is 0 Å². The third kappa shape index (κ3) is 2.97. The minimum Gasteiger partial charge on any atom is -0.454 e. The lowest BCUT2D eigenvalue weighted by molar-refractivity contribution is 0.438. The predicted molar refractivity (Wildman–Crippen MR) is 76.5 cm³/mol. The van der Waals surface area contributed by atoms with E-state index in [2.05, 4.69) is 13.8 Å². The molecule has 0 amide bonds. The first-order valence-electron chi connectivity index (χ1n) is 6.49. The zero-order valence-electron chi connectivity index (χ0n) is 11.8. The van der Waals surface area contributed by atoms with Crippen LogP contribution in [0.1, 0.15) is 36.5 Å². The van der Waals surface area contributed by atoms with Crippen molar-refractivity contribution in [2.75, 3.05) is 0 Å². The lowest BCUT2D eigenvalue weighted by Gasteiger charge is -2.13. The molecule has 0 aliphatic heterocycles. The van der Waals surface area contributed by atoms with Gasteiger partial charge < -0.3 is 4.74 Å². The lowest BCUT2D eigenvalue weighted by atomic mass is 10.0. The zero-order chi connectivity index (χ0) is 14.7. The van der Waals surface area contributed by atoms with Gasteiger partial charge in [0.25, 0.3) is 0 Å². The molecule has 0 aromatic heterocycles. The Hall–Kier alpha value is -2.34. The number of aryl methyl sites for hydroxylation is 1. The highest BCUT2D eigenvalue weighted by Crippen LogP contribution is 2.30. The molecule has 0 aliphatic rings. The summed E-state index contributed by atoms with van der Waals surface area (Å²) in [6.07, 6.45) is 0. The third-order valence-electron chi connectivity index (χ3n) is 3.16. The minimum atomic E-state index is -0.529. The van der Waals surface area contributed by atoms with E-state index in [0.717, 1.165) is 11.1 Å². The van der Waals surface area contributed by atoms with Crippen LogP contribution < -0.4 is 4.74 Å². The van der Waals surface area contributed by atoms with Crippen molar-refractivity contribution in [2.45, 2.75) is 26.7 Å². The lowest BCUT2D eigenvalue weighted by Crippen LogP contribution is -1.94. The van der Waals surface area contributed by atoms with E-state index in [9.17, 15) is 4.39 Å². The second-order valence-electron chi connectivity index (χ2n) is 5.04. The van der Waals surface area contributed by atoms with Crippen LogP contribution in [0.4, 0.5) is 4.39 Å². The predicted octanol–water partition coefficient (Wildman–Crippen LogP) is 4.92. The van der Waals surface area contributed by atoms with E-state index in [1.165, 1.54) is 12.1 Å². The summed E-state index contributed by atoms with van der Waals surface area (Å²) in [7, 11) is 0. The average Bonchev–Trinajstić information content (AvgIpc) is 2.42. The number of nitriles is 1. The van der Waals surface area contributed by atoms with Gasteiger partial charge in [-0.3, -0.25) is 0 Å². The van der Waals surface area contributed by atoms with Gasteiger partial charge in [-0.05, 0) is 48.2 Å². The summed E-state index contributed by atoms with van der Waals surface area (Å²) in [6, 6.07) is 12.0. The van der Waals surface area contributed by atoms with Crippen molar-refractivity contribution in [3.63, 3.8) is 0 Å². The summed E-state index contributed by atoms with van der Waals surface area (Å²) < 4.78 is 19.5. The summed E-state index contributed by atoms with van der Waals surface area (Å²) in [5.41, 5.74) is 2.36. The van der Waals surface area contributed by atoms with E-state index in [1.807, 2.05) is 31.2 Å². The van der Waals surface area contributed by atoms with Gasteiger partial charge in [0, 0.05) is 0 Å². The molecular weight excluding hydrogens is 253 g/mol. The molecule has 0 atom stereocenters. The molecule has 20 heavy (non-hydrogen) atoms. The number of hydrogen-bond acceptors (Lipinski definition) is 2. The maximum Gasteiger partial charge on any atom is 0.167 e. The molecule has 0 spiro atoms. The van der Waals surface area contributed by atoms with Crippen molar-refractivity contribution in [2.24, 2.45) is 0 Å². The van der Waals surface area contributed by atoms with Crippen molar-refractivity contribution in [1.82, 2.24) is 0 Å². The van der Waals surface area contributed by atoms with Crippen LogP contribution in [-0.2, 0) is 0 Å². The Labute approximate surface area is 118 Å². The van der Waals surface area contributed by atoms with Crippen LogP contribution >= 0.6 is 0 Å². The Kier molecular flexibility index (Phi) is 4.05. The number of benzene rings is 2. The van der Waals surface area contributed by atoms with Crippen LogP contribution in [0.15, 0.2) is 36.4 Å². The van der Waals surface area contributed by atoms with Gasteiger partial charge >= 0.3 is 0 Å². The number of halogens is 1. The van der Waals surface area contributed by atoms with Crippen LogP contribution in [0.25, 0.3) is 0 Å². The smallest absolute Gasteiger partial charge is 0.167 e. The van der Waals surface area contributed by atoms with Gasteiger partial charge in [-0.2, -0.15) is 5.26 Å². The summed E-state index contributed by atoms with van der Waals surface area (Å²) in [5.74, 6) is 0.620. The second kappa shape index (κ2) is 5.75. The number of hydrogen-bond donors (Lipinski definition) is 0. The Morgan fingerprint density at radius 3 is 2.45 bits per heavy atom. The first-order valence-corrected chi connectivity index (χ1v) is 6.49. The largest absolute Gasteiger partial charge is 0.454 e. The van der Waals surface area contributed by atoms with E-state index in [1.54, 1.807) is 6.07 Å². The van der Waals surface area contributed by atoms with Crippen molar-refractivity contribution >= 4 is 0 Å². The van der Waals surface area contributed by atoms with Crippen LogP contribution in [0.5, 0.6) is 11.5 Å². The van der Waals surface area contributed by atoms with Crippen molar-refractivity contribution in [3.8, 4) is 17.6 Å². The normalized spacial score (nSPS) is 10.4. The SMILES string of the molecule is Cc1ccc(C(C)C)cc1Oc1ccc(C#N)cc1F. The number of ether oxygens (including phenoxy) is 1. The Morgan fingerprint density at radius 1 is 1.10 bits per heavy atom. The van der Waals surface area contributed by atoms with Gasteiger partial charge in [0.15, 0.2) is 11.6 Å². The fourth-order valence-corrected chi connectivity index (χ4v) is 1.86. The highest BCUT2D eigenvalue weighted by Gasteiger charge is 2.09. The van der Waals surface area contributed by atoms with E-state index in [0.29, 0.717) is 11.7 Å². The highest BCUT2D eigenvalue weighted by atomic mass is 19.1. The molecule has 0 fully saturated rings. The van der Waals surface area contributed by atoms with Gasteiger partial charge in [-0.15, -0.1) is 0 Å². The van der Waals surface area contributed by atoms with Gasteiger partial charge in [-0.25, -0.2) is 4.39 Å². The summed E-state index contributed by atoms with van der Waals surface area (Å²) in [6.45, 7) is 6.11. The van der Waals surface area contributed by atoms with Gasteiger partial charge in [0.1, 0.15) is 5.75 Å². The molecule has 2 aromatic rings. The summed E-state index contributed by atoms with van der Waals surface area (Å²) >= 11 is 0. The molecule has 0 aliphatic carbocycles. The van der Waals surface area contributed by atoms with Gasteiger partial charge in [0.2, 0.25) is 0 Å². The molecule has 2 rings (SSSR count).